The molecule has 31 heavy (non-hydrogen) atoms. The van der Waals surface area contributed by atoms with Crippen LogP contribution in [0.25, 0.3) is 6.08 Å². The van der Waals surface area contributed by atoms with Gasteiger partial charge in [-0.25, -0.2) is 4.79 Å². The normalized spacial score (nSPS) is 10.9. The van der Waals surface area contributed by atoms with Crippen LogP contribution in [0.1, 0.15) is 55.1 Å². The van der Waals surface area contributed by atoms with Gasteiger partial charge in [0.1, 0.15) is 0 Å². The minimum absolute atomic E-state index is 0.0533. The van der Waals surface area contributed by atoms with Crippen molar-refractivity contribution in [2.24, 2.45) is 0 Å². The number of hydrogen-bond donors (Lipinski definition) is 1. The molecule has 0 bridgehead atoms. The van der Waals surface area contributed by atoms with Crippen molar-refractivity contribution in [1.29, 1.82) is 0 Å². The van der Waals surface area contributed by atoms with Gasteiger partial charge in [0.05, 0.1) is 0 Å². The number of hydrogen-bond acceptors (Lipinski definition) is 4. The smallest absolute Gasteiger partial charge is 0.331 e. The van der Waals surface area contributed by atoms with Crippen LogP contribution in [-0.4, -0.2) is 42.4 Å². The molecule has 164 valence electrons. The summed E-state index contributed by atoms with van der Waals surface area (Å²) in [5, 5.41) is 2.65. The highest BCUT2D eigenvalue weighted by molar-refractivity contribution is 5.97. The maximum absolute atomic E-state index is 12.3. The molecule has 0 aliphatic rings. The van der Waals surface area contributed by atoms with E-state index in [1.165, 1.54) is 11.6 Å². The fraction of sp³-hybridized carbons (Fsp3) is 0.320. The van der Waals surface area contributed by atoms with E-state index in [1.54, 1.807) is 35.2 Å². The minimum Gasteiger partial charge on any atom is -0.452 e. The summed E-state index contributed by atoms with van der Waals surface area (Å²) in [6.45, 7) is 8.97. The fourth-order valence-electron chi connectivity index (χ4n) is 2.93. The van der Waals surface area contributed by atoms with Crippen LogP contribution in [0.4, 0.5) is 5.69 Å². The minimum atomic E-state index is -0.594. The second-order valence-corrected chi connectivity index (χ2v) is 7.37. The molecular formula is C25H30N2O4. The molecule has 0 saturated carbocycles. The highest BCUT2D eigenvalue weighted by atomic mass is 16.5. The number of anilines is 1. The molecule has 0 spiro atoms. The standard InChI is InChI=1S/C25H30N2O4/c1-5-27(6-2)25(30)21-12-14-22(15-13-21)26-23(28)17-31-24(29)16-9-19-7-10-20(11-8-19)18(3)4/h7-16,18H,5-6,17H2,1-4H3,(H,26,28)/b16-9+. The summed E-state index contributed by atoms with van der Waals surface area (Å²) in [6.07, 6.45) is 2.95. The second kappa shape index (κ2) is 11.7. The number of amides is 2. The maximum atomic E-state index is 12.3. The molecule has 0 saturated heterocycles. The number of nitrogens with zero attached hydrogens (tertiary/aromatic N) is 1. The predicted molar refractivity (Wildman–Crippen MR) is 123 cm³/mol. The zero-order valence-corrected chi connectivity index (χ0v) is 18.6. The molecular weight excluding hydrogens is 392 g/mol. The SMILES string of the molecule is CCN(CC)C(=O)c1ccc(NC(=O)COC(=O)/C=C/c2ccc(C(C)C)cc2)cc1. The van der Waals surface area contributed by atoms with Crippen molar-refractivity contribution in [2.45, 2.75) is 33.6 Å². The lowest BCUT2D eigenvalue weighted by molar-refractivity contribution is -0.142. The summed E-state index contributed by atoms with van der Waals surface area (Å²) in [4.78, 5) is 37.9. The maximum Gasteiger partial charge on any atom is 0.331 e. The number of esters is 1. The average Bonchev–Trinajstić information content (AvgIpc) is 2.77. The zero-order valence-electron chi connectivity index (χ0n) is 18.6. The van der Waals surface area contributed by atoms with Gasteiger partial charge in [0.25, 0.3) is 11.8 Å². The first-order valence-corrected chi connectivity index (χ1v) is 10.5. The molecule has 0 unspecified atom stereocenters. The monoisotopic (exact) mass is 422 g/mol. The summed E-state index contributed by atoms with van der Waals surface area (Å²) in [7, 11) is 0. The lowest BCUT2D eigenvalue weighted by Crippen LogP contribution is -2.30. The van der Waals surface area contributed by atoms with E-state index in [2.05, 4.69) is 19.2 Å². The molecule has 2 amide bonds. The first kappa shape index (κ1) is 23.9. The Morgan fingerprint density at radius 3 is 2.13 bits per heavy atom. The van der Waals surface area contributed by atoms with Gasteiger partial charge < -0.3 is 15.0 Å². The molecule has 0 fully saturated rings. The molecule has 0 atom stereocenters. The van der Waals surface area contributed by atoms with Gasteiger partial charge in [0.2, 0.25) is 0 Å². The Kier molecular flexibility index (Phi) is 9.00. The first-order chi connectivity index (χ1) is 14.8. The number of ether oxygens (including phenoxy) is 1. The van der Waals surface area contributed by atoms with E-state index in [-0.39, 0.29) is 5.91 Å². The van der Waals surface area contributed by atoms with Crippen molar-refractivity contribution < 1.29 is 19.1 Å². The highest BCUT2D eigenvalue weighted by Crippen LogP contribution is 2.15. The van der Waals surface area contributed by atoms with E-state index in [0.717, 1.165) is 5.56 Å². The highest BCUT2D eigenvalue weighted by Gasteiger charge is 2.12. The van der Waals surface area contributed by atoms with Crippen LogP contribution in [0, 0.1) is 0 Å². The van der Waals surface area contributed by atoms with Crippen LogP contribution >= 0.6 is 0 Å². The Hall–Kier alpha value is -3.41. The molecule has 1 N–H and O–H groups in total. The molecule has 6 nitrogen and oxygen atoms in total. The summed E-state index contributed by atoms with van der Waals surface area (Å²) in [5.41, 5.74) is 3.18. The summed E-state index contributed by atoms with van der Waals surface area (Å²) >= 11 is 0. The van der Waals surface area contributed by atoms with E-state index in [9.17, 15) is 14.4 Å². The lowest BCUT2D eigenvalue weighted by Gasteiger charge is -2.18. The van der Waals surface area contributed by atoms with Crippen molar-refractivity contribution >= 4 is 29.5 Å². The molecule has 0 aliphatic carbocycles. The molecule has 0 radical (unpaired) electrons. The van der Waals surface area contributed by atoms with Crippen molar-refractivity contribution in [3.63, 3.8) is 0 Å². The zero-order chi connectivity index (χ0) is 22.8. The van der Waals surface area contributed by atoms with Crippen LogP contribution < -0.4 is 5.32 Å². The predicted octanol–water partition coefficient (Wildman–Crippen LogP) is 4.49. The molecule has 2 aromatic rings. The van der Waals surface area contributed by atoms with E-state index in [4.69, 9.17) is 4.74 Å². The number of carbonyl (C=O) groups excluding carboxylic acids is 3. The van der Waals surface area contributed by atoms with Crippen molar-refractivity contribution in [3.8, 4) is 0 Å². The van der Waals surface area contributed by atoms with Crippen LogP contribution in [0.5, 0.6) is 0 Å². The van der Waals surface area contributed by atoms with Gasteiger partial charge in [-0.3, -0.25) is 9.59 Å². The summed E-state index contributed by atoms with van der Waals surface area (Å²) in [5.74, 6) is -0.655. The molecule has 0 aromatic heterocycles. The van der Waals surface area contributed by atoms with Crippen molar-refractivity contribution in [1.82, 2.24) is 4.90 Å². The largest absolute Gasteiger partial charge is 0.452 e. The number of nitrogens with one attached hydrogen (secondary N) is 1. The topological polar surface area (TPSA) is 75.7 Å². The van der Waals surface area contributed by atoms with Crippen LogP contribution in [0.3, 0.4) is 0 Å². The fourth-order valence-corrected chi connectivity index (χ4v) is 2.93. The second-order valence-electron chi connectivity index (χ2n) is 7.37. The van der Waals surface area contributed by atoms with Gasteiger partial charge in [-0.1, -0.05) is 38.1 Å². The Labute approximate surface area is 183 Å². The quantitative estimate of drug-likeness (QED) is 0.477. The Balaban J connectivity index is 1.81. The molecule has 2 aromatic carbocycles. The van der Waals surface area contributed by atoms with Crippen LogP contribution in [0.15, 0.2) is 54.6 Å². The van der Waals surface area contributed by atoms with Gasteiger partial charge >= 0.3 is 5.97 Å². The van der Waals surface area contributed by atoms with Crippen LogP contribution in [0.2, 0.25) is 0 Å². The van der Waals surface area contributed by atoms with Crippen molar-refractivity contribution in [3.05, 3.63) is 71.3 Å². The Morgan fingerprint density at radius 1 is 0.968 bits per heavy atom. The van der Waals surface area contributed by atoms with Gasteiger partial charge in [-0.2, -0.15) is 0 Å². The van der Waals surface area contributed by atoms with Crippen LogP contribution in [-0.2, 0) is 14.3 Å². The van der Waals surface area contributed by atoms with Gasteiger partial charge in [0.15, 0.2) is 6.61 Å². The first-order valence-electron chi connectivity index (χ1n) is 10.5. The third kappa shape index (κ3) is 7.41. The van der Waals surface area contributed by atoms with E-state index < -0.39 is 18.5 Å². The molecule has 0 aliphatic heterocycles. The third-order valence-electron chi connectivity index (χ3n) is 4.83. The number of benzene rings is 2. The molecule has 0 heterocycles. The summed E-state index contributed by atoms with van der Waals surface area (Å²) in [6, 6.07) is 14.5. The molecule has 6 heteroatoms. The number of rotatable bonds is 9. The van der Waals surface area contributed by atoms with E-state index >= 15 is 0 Å². The Morgan fingerprint density at radius 2 is 1.58 bits per heavy atom. The van der Waals surface area contributed by atoms with E-state index in [1.807, 2.05) is 38.1 Å². The average molecular weight is 423 g/mol. The van der Waals surface area contributed by atoms with Gasteiger partial charge in [-0.05, 0) is 61.2 Å². The van der Waals surface area contributed by atoms with Gasteiger partial charge in [-0.15, -0.1) is 0 Å². The van der Waals surface area contributed by atoms with Crippen molar-refractivity contribution in [2.75, 3.05) is 25.0 Å². The summed E-state index contributed by atoms with van der Waals surface area (Å²) < 4.78 is 4.98. The van der Waals surface area contributed by atoms with E-state index in [0.29, 0.717) is 30.3 Å². The van der Waals surface area contributed by atoms with Gasteiger partial charge in [0, 0.05) is 30.4 Å². The Bertz CT molecular complexity index is 912. The lowest BCUT2D eigenvalue weighted by atomic mass is 10.0. The third-order valence-corrected chi connectivity index (χ3v) is 4.83. The molecule has 2 rings (SSSR count). The number of carbonyl (C=O) groups is 3.